The molecule has 2 heterocycles. The SMILES string of the molecule is NCc1ccnc(-n2ccnc2)n1. The van der Waals surface area contributed by atoms with E-state index in [1.54, 1.807) is 35.6 Å². The van der Waals surface area contributed by atoms with Crippen LogP contribution in [0.4, 0.5) is 0 Å². The fourth-order valence-electron chi connectivity index (χ4n) is 1.00. The minimum absolute atomic E-state index is 0.421. The number of hydrogen-bond donors (Lipinski definition) is 1. The molecule has 2 aromatic rings. The van der Waals surface area contributed by atoms with Crippen molar-refractivity contribution in [2.24, 2.45) is 5.73 Å². The number of nitrogens with two attached hydrogens (primary N) is 1. The summed E-state index contributed by atoms with van der Waals surface area (Å²) in [4.78, 5) is 12.2. The van der Waals surface area contributed by atoms with Crippen molar-refractivity contribution in [2.45, 2.75) is 6.54 Å². The van der Waals surface area contributed by atoms with Gasteiger partial charge in [-0.15, -0.1) is 0 Å². The van der Waals surface area contributed by atoms with Crippen molar-refractivity contribution in [3.8, 4) is 5.95 Å². The standard InChI is InChI=1S/C8H9N5/c9-5-7-1-2-11-8(12-7)13-4-3-10-6-13/h1-4,6H,5,9H2. The molecule has 0 unspecified atom stereocenters. The molecule has 0 saturated carbocycles. The van der Waals surface area contributed by atoms with E-state index in [1.165, 1.54) is 0 Å². The Hall–Kier alpha value is -1.75. The van der Waals surface area contributed by atoms with Crippen molar-refractivity contribution in [3.05, 3.63) is 36.7 Å². The Morgan fingerprint density at radius 2 is 2.31 bits per heavy atom. The first-order valence-corrected chi connectivity index (χ1v) is 3.90. The lowest BCUT2D eigenvalue weighted by atomic mass is 10.4. The monoisotopic (exact) mass is 175 g/mol. The summed E-state index contributed by atoms with van der Waals surface area (Å²) in [6.07, 6.45) is 6.80. The minimum Gasteiger partial charge on any atom is -0.325 e. The molecule has 0 fully saturated rings. The van der Waals surface area contributed by atoms with Crippen molar-refractivity contribution in [1.29, 1.82) is 0 Å². The van der Waals surface area contributed by atoms with Crippen LogP contribution in [0, 0.1) is 0 Å². The van der Waals surface area contributed by atoms with Crippen molar-refractivity contribution >= 4 is 0 Å². The topological polar surface area (TPSA) is 69.6 Å². The van der Waals surface area contributed by atoms with E-state index in [1.807, 2.05) is 0 Å². The third-order valence-electron chi connectivity index (χ3n) is 1.65. The van der Waals surface area contributed by atoms with E-state index in [4.69, 9.17) is 5.73 Å². The molecule has 13 heavy (non-hydrogen) atoms. The van der Waals surface area contributed by atoms with Gasteiger partial charge in [-0.2, -0.15) is 0 Å². The molecule has 0 aliphatic rings. The van der Waals surface area contributed by atoms with Gasteiger partial charge in [0, 0.05) is 25.1 Å². The van der Waals surface area contributed by atoms with E-state index in [-0.39, 0.29) is 0 Å². The Balaban J connectivity index is 2.41. The van der Waals surface area contributed by atoms with Gasteiger partial charge in [-0.05, 0) is 6.07 Å². The second kappa shape index (κ2) is 3.32. The summed E-state index contributed by atoms with van der Waals surface area (Å²) in [5.74, 6) is 0.598. The summed E-state index contributed by atoms with van der Waals surface area (Å²) in [6, 6.07) is 1.79. The van der Waals surface area contributed by atoms with Gasteiger partial charge in [-0.25, -0.2) is 15.0 Å². The fraction of sp³-hybridized carbons (Fsp3) is 0.125. The lowest BCUT2D eigenvalue weighted by Gasteiger charge is -2.00. The second-order valence-electron chi connectivity index (χ2n) is 2.52. The van der Waals surface area contributed by atoms with Crippen LogP contribution in [-0.2, 0) is 6.54 Å². The van der Waals surface area contributed by atoms with Gasteiger partial charge in [0.2, 0.25) is 5.95 Å². The van der Waals surface area contributed by atoms with Crippen LogP contribution in [0.25, 0.3) is 5.95 Å². The van der Waals surface area contributed by atoms with Crippen LogP contribution in [0.5, 0.6) is 0 Å². The molecule has 5 nitrogen and oxygen atoms in total. The summed E-state index contributed by atoms with van der Waals surface area (Å²) in [5.41, 5.74) is 6.28. The van der Waals surface area contributed by atoms with Crippen LogP contribution < -0.4 is 5.73 Å². The molecule has 0 atom stereocenters. The smallest absolute Gasteiger partial charge is 0.235 e. The zero-order valence-electron chi connectivity index (χ0n) is 6.96. The summed E-state index contributed by atoms with van der Waals surface area (Å²) in [7, 11) is 0. The Bertz CT molecular complexity index is 381. The highest BCUT2D eigenvalue weighted by atomic mass is 15.2. The molecule has 0 bridgehead atoms. The number of nitrogens with zero attached hydrogens (tertiary/aromatic N) is 4. The molecular weight excluding hydrogens is 166 g/mol. The molecule has 0 aromatic carbocycles. The van der Waals surface area contributed by atoms with Gasteiger partial charge in [0.05, 0.1) is 5.69 Å². The van der Waals surface area contributed by atoms with Crippen LogP contribution in [0.2, 0.25) is 0 Å². The largest absolute Gasteiger partial charge is 0.325 e. The number of rotatable bonds is 2. The van der Waals surface area contributed by atoms with Gasteiger partial charge >= 0.3 is 0 Å². The van der Waals surface area contributed by atoms with Gasteiger partial charge < -0.3 is 5.73 Å². The van der Waals surface area contributed by atoms with E-state index in [9.17, 15) is 0 Å². The van der Waals surface area contributed by atoms with Crippen LogP contribution >= 0.6 is 0 Å². The van der Waals surface area contributed by atoms with Gasteiger partial charge in [0.1, 0.15) is 6.33 Å². The maximum Gasteiger partial charge on any atom is 0.235 e. The van der Waals surface area contributed by atoms with Crippen LogP contribution in [0.15, 0.2) is 31.0 Å². The molecule has 0 spiro atoms. The number of aromatic nitrogens is 4. The zero-order valence-corrected chi connectivity index (χ0v) is 6.96. The first-order valence-electron chi connectivity index (χ1n) is 3.90. The van der Waals surface area contributed by atoms with E-state index >= 15 is 0 Å². The lowest BCUT2D eigenvalue weighted by molar-refractivity contribution is 0.876. The summed E-state index contributed by atoms with van der Waals surface area (Å²) >= 11 is 0. The molecule has 0 aliphatic heterocycles. The molecule has 0 radical (unpaired) electrons. The molecule has 0 aliphatic carbocycles. The maximum atomic E-state index is 5.46. The third kappa shape index (κ3) is 1.54. The van der Waals surface area contributed by atoms with Gasteiger partial charge in [-0.1, -0.05) is 0 Å². The summed E-state index contributed by atoms with van der Waals surface area (Å²) in [5, 5.41) is 0. The molecule has 2 rings (SSSR count). The number of hydrogen-bond acceptors (Lipinski definition) is 4. The Labute approximate surface area is 75.3 Å². The maximum absolute atomic E-state index is 5.46. The van der Waals surface area contributed by atoms with Crippen LogP contribution in [0.3, 0.4) is 0 Å². The minimum atomic E-state index is 0.421. The predicted molar refractivity (Wildman–Crippen MR) is 47.0 cm³/mol. The Kier molecular flexibility index (Phi) is 2.01. The molecule has 5 heteroatoms. The molecular formula is C8H9N5. The Morgan fingerprint density at radius 1 is 1.38 bits per heavy atom. The molecule has 2 aromatic heterocycles. The van der Waals surface area contributed by atoms with Crippen LogP contribution in [-0.4, -0.2) is 19.5 Å². The lowest BCUT2D eigenvalue weighted by Crippen LogP contribution is -2.04. The first-order chi connectivity index (χ1) is 6.40. The second-order valence-corrected chi connectivity index (χ2v) is 2.52. The average Bonchev–Trinajstić information content (AvgIpc) is 2.71. The van der Waals surface area contributed by atoms with Gasteiger partial charge in [0.25, 0.3) is 0 Å². The molecule has 66 valence electrons. The van der Waals surface area contributed by atoms with E-state index in [0.717, 1.165) is 5.69 Å². The molecule has 0 saturated heterocycles. The molecule has 0 amide bonds. The zero-order chi connectivity index (χ0) is 9.10. The normalized spacial score (nSPS) is 10.2. The van der Waals surface area contributed by atoms with E-state index in [2.05, 4.69) is 15.0 Å². The van der Waals surface area contributed by atoms with Gasteiger partial charge in [0.15, 0.2) is 0 Å². The first kappa shape index (κ1) is 7.88. The van der Waals surface area contributed by atoms with E-state index in [0.29, 0.717) is 12.5 Å². The van der Waals surface area contributed by atoms with Crippen LogP contribution in [0.1, 0.15) is 5.69 Å². The highest BCUT2D eigenvalue weighted by molar-refractivity contribution is 5.13. The highest BCUT2D eigenvalue weighted by Gasteiger charge is 1.98. The van der Waals surface area contributed by atoms with Crippen molar-refractivity contribution in [3.63, 3.8) is 0 Å². The highest BCUT2D eigenvalue weighted by Crippen LogP contribution is 2.00. The van der Waals surface area contributed by atoms with E-state index < -0.39 is 0 Å². The predicted octanol–water partition coefficient (Wildman–Crippen LogP) is 0.121. The summed E-state index contributed by atoms with van der Waals surface area (Å²) in [6.45, 7) is 0.421. The fourth-order valence-corrected chi connectivity index (χ4v) is 1.00. The third-order valence-corrected chi connectivity index (χ3v) is 1.65. The van der Waals surface area contributed by atoms with Crippen molar-refractivity contribution in [1.82, 2.24) is 19.5 Å². The van der Waals surface area contributed by atoms with Crippen molar-refractivity contribution in [2.75, 3.05) is 0 Å². The summed E-state index contributed by atoms with van der Waals surface area (Å²) < 4.78 is 1.74. The Morgan fingerprint density at radius 3 is 3.00 bits per heavy atom. The molecule has 2 N–H and O–H groups in total. The average molecular weight is 175 g/mol. The van der Waals surface area contributed by atoms with Gasteiger partial charge in [-0.3, -0.25) is 4.57 Å². The quantitative estimate of drug-likeness (QED) is 0.703. The number of imidazole rings is 1. The van der Waals surface area contributed by atoms with Crippen molar-refractivity contribution < 1.29 is 0 Å².